The molecule has 140 valence electrons. The molecule has 2 aromatic carbocycles. The topological polar surface area (TPSA) is 66.5 Å². The Morgan fingerprint density at radius 3 is 2.15 bits per heavy atom. The average Bonchev–Trinajstić information content (AvgIpc) is 2.54. The second-order valence-electron chi connectivity index (χ2n) is 7.26. The van der Waals surface area contributed by atoms with Crippen LogP contribution in [-0.4, -0.2) is 27.1 Å². The molecule has 1 N–H and O–H groups in total. The van der Waals surface area contributed by atoms with Crippen molar-refractivity contribution in [3.8, 4) is 0 Å². The molecule has 0 aliphatic rings. The Morgan fingerprint density at radius 1 is 1.00 bits per heavy atom. The minimum absolute atomic E-state index is 0.0699. The average molecular weight is 375 g/mol. The zero-order valence-electron chi connectivity index (χ0n) is 15.7. The molecule has 0 aliphatic heterocycles. The summed E-state index contributed by atoms with van der Waals surface area (Å²) >= 11 is 0. The Hall–Kier alpha value is -2.34. The maximum atomic E-state index is 12.4. The van der Waals surface area contributed by atoms with Gasteiger partial charge in [-0.1, -0.05) is 57.2 Å². The fourth-order valence-corrected chi connectivity index (χ4v) is 3.67. The molecule has 26 heavy (non-hydrogen) atoms. The van der Waals surface area contributed by atoms with E-state index < -0.39 is 10.0 Å². The summed E-state index contributed by atoms with van der Waals surface area (Å²) < 4.78 is 25.4. The SMILES string of the molecule is CC(C)(C)c1ccccc1NC(=O)CCN(c1ccccc1)S(C)(=O)=O. The number of para-hydroxylation sites is 2. The summed E-state index contributed by atoms with van der Waals surface area (Å²) in [6, 6.07) is 16.5. The van der Waals surface area contributed by atoms with Crippen molar-refractivity contribution >= 4 is 27.3 Å². The van der Waals surface area contributed by atoms with Gasteiger partial charge < -0.3 is 5.32 Å². The number of nitrogens with zero attached hydrogens (tertiary/aromatic N) is 1. The molecule has 0 spiro atoms. The van der Waals surface area contributed by atoms with E-state index in [1.807, 2.05) is 30.3 Å². The first-order valence-corrected chi connectivity index (χ1v) is 10.4. The molecule has 5 nitrogen and oxygen atoms in total. The minimum atomic E-state index is -3.46. The number of carbonyl (C=O) groups is 1. The maximum Gasteiger partial charge on any atom is 0.232 e. The zero-order chi connectivity index (χ0) is 19.4. The normalized spacial score (nSPS) is 11.8. The largest absolute Gasteiger partial charge is 0.326 e. The Balaban J connectivity index is 2.11. The fraction of sp³-hybridized carbons (Fsp3) is 0.350. The van der Waals surface area contributed by atoms with Crippen LogP contribution in [0.5, 0.6) is 0 Å². The number of carbonyl (C=O) groups excluding carboxylic acids is 1. The van der Waals surface area contributed by atoms with Crippen LogP contribution in [0, 0.1) is 0 Å². The van der Waals surface area contributed by atoms with Gasteiger partial charge in [0.2, 0.25) is 15.9 Å². The lowest BCUT2D eigenvalue weighted by Crippen LogP contribution is -2.33. The lowest BCUT2D eigenvalue weighted by atomic mass is 9.86. The van der Waals surface area contributed by atoms with E-state index in [0.29, 0.717) is 5.69 Å². The van der Waals surface area contributed by atoms with Crippen LogP contribution in [0.2, 0.25) is 0 Å². The van der Waals surface area contributed by atoms with Crippen LogP contribution >= 0.6 is 0 Å². The molecule has 0 fully saturated rings. The lowest BCUT2D eigenvalue weighted by molar-refractivity contribution is -0.116. The summed E-state index contributed by atoms with van der Waals surface area (Å²) in [5.74, 6) is -0.216. The predicted molar refractivity (Wildman–Crippen MR) is 107 cm³/mol. The molecule has 0 aliphatic carbocycles. The number of rotatable bonds is 6. The molecule has 2 aromatic rings. The van der Waals surface area contributed by atoms with Gasteiger partial charge in [-0.2, -0.15) is 0 Å². The van der Waals surface area contributed by atoms with E-state index in [4.69, 9.17) is 0 Å². The van der Waals surface area contributed by atoms with Crippen molar-refractivity contribution in [1.82, 2.24) is 0 Å². The highest BCUT2D eigenvalue weighted by molar-refractivity contribution is 7.92. The summed E-state index contributed by atoms with van der Waals surface area (Å²) in [6.07, 6.45) is 1.22. The van der Waals surface area contributed by atoms with Crippen molar-refractivity contribution in [2.45, 2.75) is 32.6 Å². The van der Waals surface area contributed by atoms with Crippen LogP contribution in [-0.2, 0) is 20.2 Å². The van der Waals surface area contributed by atoms with Gasteiger partial charge in [-0.25, -0.2) is 8.42 Å². The molecule has 0 unspecified atom stereocenters. The highest BCUT2D eigenvalue weighted by Crippen LogP contribution is 2.29. The van der Waals surface area contributed by atoms with Gasteiger partial charge in [-0.05, 0) is 29.2 Å². The van der Waals surface area contributed by atoms with Gasteiger partial charge in [0.25, 0.3) is 0 Å². The molecule has 0 saturated carbocycles. The first kappa shape index (κ1) is 20.0. The van der Waals surface area contributed by atoms with Gasteiger partial charge in [0.15, 0.2) is 0 Å². The van der Waals surface area contributed by atoms with Gasteiger partial charge in [0, 0.05) is 18.7 Å². The summed E-state index contributed by atoms with van der Waals surface area (Å²) in [6.45, 7) is 6.34. The van der Waals surface area contributed by atoms with Crippen LogP contribution in [0.4, 0.5) is 11.4 Å². The van der Waals surface area contributed by atoms with Crippen LogP contribution < -0.4 is 9.62 Å². The molecular weight excluding hydrogens is 348 g/mol. The second-order valence-corrected chi connectivity index (χ2v) is 9.17. The van der Waals surface area contributed by atoms with Gasteiger partial charge >= 0.3 is 0 Å². The monoisotopic (exact) mass is 374 g/mol. The standard InChI is InChI=1S/C20H26N2O3S/c1-20(2,3)17-12-8-9-13-18(17)21-19(23)14-15-22(26(4,24)25)16-10-6-5-7-11-16/h5-13H,14-15H2,1-4H3,(H,21,23). The molecule has 0 saturated heterocycles. The number of hydrogen-bond acceptors (Lipinski definition) is 3. The van der Waals surface area contributed by atoms with Gasteiger partial charge in [-0.15, -0.1) is 0 Å². The van der Waals surface area contributed by atoms with Crippen LogP contribution in [0.1, 0.15) is 32.8 Å². The molecule has 6 heteroatoms. The van der Waals surface area contributed by atoms with Crippen molar-refractivity contribution in [1.29, 1.82) is 0 Å². The van der Waals surface area contributed by atoms with Crippen LogP contribution in [0.25, 0.3) is 0 Å². The zero-order valence-corrected chi connectivity index (χ0v) is 16.5. The van der Waals surface area contributed by atoms with Crippen molar-refractivity contribution in [2.75, 3.05) is 22.4 Å². The van der Waals surface area contributed by atoms with E-state index in [0.717, 1.165) is 17.5 Å². The molecule has 0 aromatic heterocycles. The maximum absolute atomic E-state index is 12.4. The first-order chi connectivity index (χ1) is 12.1. The molecule has 2 rings (SSSR count). The quantitative estimate of drug-likeness (QED) is 0.837. The Bertz CT molecular complexity index is 856. The second kappa shape index (κ2) is 7.91. The van der Waals surface area contributed by atoms with E-state index in [1.165, 1.54) is 4.31 Å². The molecule has 0 heterocycles. The summed E-state index contributed by atoms with van der Waals surface area (Å²) in [4.78, 5) is 12.4. The van der Waals surface area contributed by atoms with Gasteiger partial charge in [0.05, 0.1) is 11.9 Å². The first-order valence-electron chi connectivity index (χ1n) is 8.51. The van der Waals surface area contributed by atoms with E-state index >= 15 is 0 Å². The Morgan fingerprint density at radius 2 is 1.58 bits per heavy atom. The fourth-order valence-electron chi connectivity index (χ4n) is 2.74. The highest BCUT2D eigenvalue weighted by atomic mass is 32.2. The highest BCUT2D eigenvalue weighted by Gasteiger charge is 2.21. The summed E-state index contributed by atoms with van der Waals surface area (Å²) in [5.41, 5.74) is 2.25. The molecule has 0 atom stereocenters. The molecule has 0 bridgehead atoms. The Labute approximate surface area is 156 Å². The third-order valence-corrected chi connectivity index (χ3v) is 5.19. The molecular formula is C20H26N2O3S. The summed E-state index contributed by atoms with van der Waals surface area (Å²) in [7, 11) is -3.46. The van der Waals surface area contributed by atoms with Crippen LogP contribution in [0.3, 0.4) is 0 Å². The van der Waals surface area contributed by atoms with Crippen LogP contribution in [0.15, 0.2) is 54.6 Å². The molecule has 1 amide bonds. The van der Waals surface area contributed by atoms with Crippen molar-refractivity contribution in [3.63, 3.8) is 0 Å². The smallest absolute Gasteiger partial charge is 0.232 e. The van der Waals surface area contributed by atoms with E-state index in [2.05, 4.69) is 26.1 Å². The number of sulfonamides is 1. The summed E-state index contributed by atoms with van der Waals surface area (Å²) in [5, 5.41) is 2.91. The predicted octanol–water partition coefficient (Wildman–Crippen LogP) is 3.78. The van der Waals surface area contributed by atoms with Crippen molar-refractivity contribution < 1.29 is 13.2 Å². The Kier molecular flexibility index (Phi) is 6.08. The number of benzene rings is 2. The van der Waals surface area contributed by atoms with Crippen molar-refractivity contribution in [3.05, 3.63) is 60.2 Å². The minimum Gasteiger partial charge on any atom is -0.326 e. The number of amides is 1. The number of nitrogens with one attached hydrogen (secondary N) is 1. The third kappa shape index (κ3) is 5.33. The van der Waals surface area contributed by atoms with Gasteiger partial charge in [-0.3, -0.25) is 9.10 Å². The number of anilines is 2. The lowest BCUT2D eigenvalue weighted by Gasteiger charge is -2.24. The molecule has 0 radical (unpaired) electrons. The number of hydrogen-bond donors (Lipinski definition) is 1. The van der Waals surface area contributed by atoms with E-state index in [1.54, 1.807) is 24.3 Å². The van der Waals surface area contributed by atoms with Crippen molar-refractivity contribution in [2.24, 2.45) is 0 Å². The van der Waals surface area contributed by atoms with E-state index in [9.17, 15) is 13.2 Å². The third-order valence-electron chi connectivity index (χ3n) is 4.00. The van der Waals surface area contributed by atoms with E-state index in [-0.39, 0.29) is 24.3 Å². The van der Waals surface area contributed by atoms with Gasteiger partial charge in [0.1, 0.15) is 0 Å².